The Kier molecular flexibility index (Phi) is 9.62. The highest BCUT2D eigenvalue weighted by atomic mass is 15.4. The first-order chi connectivity index (χ1) is 10.2. The molecular formula is C19H38N2. The van der Waals surface area contributed by atoms with Gasteiger partial charge in [-0.3, -0.25) is 0 Å². The van der Waals surface area contributed by atoms with Gasteiger partial charge in [-0.1, -0.05) is 64.7 Å². The molecule has 0 amide bonds. The van der Waals surface area contributed by atoms with E-state index in [9.17, 15) is 0 Å². The van der Waals surface area contributed by atoms with Crippen LogP contribution >= 0.6 is 0 Å². The normalized spacial score (nSPS) is 18.2. The molecule has 0 fully saturated rings. The second-order valence-electron chi connectivity index (χ2n) is 6.89. The monoisotopic (exact) mass is 294 g/mol. The zero-order chi connectivity index (χ0) is 15.5. The molecule has 0 radical (unpaired) electrons. The van der Waals surface area contributed by atoms with Crippen LogP contribution in [0.3, 0.4) is 0 Å². The first kappa shape index (κ1) is 18.4. The summed E-state index contributed by atoms with van der Waals surface area (Å²) in [5, 5.41) is 0. The third kappa shape index (κ3) is 7.24. The molecule has 0 aromatic carbocycles. The van der Waals surface area contributed by atoms with Crippen LogP contribution in [0.15, 0.2) is 12.4 Å². The maximum absolute atomic E-state index is 2.49. The Hall–Kier alpha value is -0.660. The molecule has 1 atom stereocenters. The minimum absolute atomic E-state index is 0.545. The average molecular weight is 295 g/mol. The molecule has 0 aromatic heterocycles. The molecule has 0 saturated heterocycles. The van der Waals surface area contributed by atoms with Gasteiger partial charge in [0.05, 0.1) is 6.17 Å². The molecule has 2 heteroatoms. The minimum atomic E-state index is 0.545. The van der Waals surface area contributed by atoms with Crippen LogP contribution in [0.4, 0.5) is 0 Å². The summed E-state index contributed by atoms with van der Waals surface area (Å²) < 4.78 is 0. The quantitative estimate of drug-likeness (QED) is 0.423. The highest BCUT2D eigenvalue weighted by molar-refractivity contribution is 4.96. The van der Waals surface area contributed by atoms with Crippen LogP contribution in [-0.2, 0) is 0 Å². The standard InChI is InChI=1S/C19H38N2/c1-5-6-7-8-9-10-11-12-13-14-15-20-16-17-21(18(2)3)19(20)4/h16-19H,5-15H2,1-4H3. The van der Waals surface area contributed by atoms with Crippen molar-refractivity contribution in [2.45, 2.75) is 104 Å². The number of hydrogen-bond donors (Lipinski definition) is 0. The Balaban J connectivity index is 1.92. The van der Waals surface area contributed by atoms with Gasteiger partial charge in [-0.15, -0.1) is 0 Å². The summed E-state index contributed by atoms with van der Waals surface area (Å²) in [5.74, 6) is 0. The smallest absolute Gasteiger partial charge is 0.0980 e. The van der Waals surface area contributed by atoms with Crippen molar-refractivity contribution in [2.24, 2.45) is 0 Å². The molecular weight excluding hydrogens is 256 g/mol. The molecule has 1 unspecified atom stereocenters. The largest absolute Gasteiger partial charge is 0.356 e. The molecule has 124 valence electrons. The average Bonchev–Trinajstić information content (AvgIpc) is 2.82. The third-order valence-corrected chi connectivity index (χ3v) is 4.71. The van der Waals surface area contributed by atoms with Gasteiger partial charge in [0.2, 0.25) is 0 Å². The lowest BCUT2D eigenvalue weighted by Crippen LogP contribution is -2.39. The van der Waals surface area contributed by atoms with Crippen molar-refractivity contribution in [2.75, 3.05) is 6.54 Å². The van der Waals surface area contributed by atoms with Crippen LogP contribution in [0.5, 0.6) is 0 Å². The van der Waals surface area contributed by atoms with E-state index in [1.54, 1.807) is 0 Å². The van der Waals surface area contributed by atoms with Crippen LogP contribution in [-0.4, -0.2) is 28.6 Å². The fourth-order valence-electron chi connectivity index (χ4n) is 3.23. The molecule has 0 aromatic rings. The van der Waals surface area contributed by atoms with Crippen molar-refractivity contribution in [3.63, 3.8) is 0 Å². The molecule has 0 bridgehead atoms. The molecule has 1 aliphatic heterocycles. The van der Waals surface area contributed by atoms with Crippen LogP contribution in [0.25, 0.3) is 0 Å². The first-order valence-corrected chi connectivity index (χ1v) is 9.38. The number of hydrogen-bond acceptors (Lipinski definition) is 2. The van der Waals surface area contributed by atoms with Crippen LogP contribution in [0, 0.1) is 0 Å². The van der Waals surface area contributed by atoms with Crippen LogP contribution in [0.1, 0.15) is 91.9 Å². The Morgan fingerprint density at radius 1 is 0.810 bits per heavy atom. The van der Waals surface area contributed by atoms with E-state index in [0.717, 1.165) is 0 Å². The Labute approximate surface area is 133 Å². The van der Waals surface area contributed by atoms with Crippen molar-refractivity contribution in [1.82, 2.24) is 9.80 Å². The first-order valence-electron chi connectivity index (χ1n) is 9.38. The highest BCUT2D eigenvalue weighted by Crippen LogP contribution is 2.19. The molecule has 1 rings (SSSR count). The fraction of sp³-hybridized carbons (Fsp3) is 0.895. The molecule has 0 spiro atoms. The summed E-state index contributed by atoms with van der Waals surface area (Å²) in [5.41, 5.74) is 0. The molecule has 2 nitrogen and oxygen atoms in total. The van der Waals surface area contributed by atoms with E-state index < -0.39 is 0 Å². The van der Waals surface area contributed by atoms with Gasteiger partial charge in [-0.25, -0.2) is 0 Å². The van der Waals surface area contributed by atoms with E-state index in [1.807, 2.05) is 0 Å². The SMILES string of the molecule is CCCCCCCCCCCCN1C=CN(C(C)C)C1C. The summed E-state index contributed by atoms with van der Waals surface area (Å²) in [6, 6.07) is 0.606. The van der Waals surface area contributed by atoms with Gasteiger partial charge in [0.1, 0.15) is 0 Å². The molecule has 1 aliphatic rings. The zero-order valence-corrected chi connectivity index (χ0v) is 15.0. The minimum Gasteiger partial charge on any atom is -0.356 e. The summed E-state index contributed by atoms with van der Waals surface area (Å²) in [6.45, 7) is 10.4. The van der Waals surface area contributed by atoms with Crippen molar-refractivity contribution >= 4 is 0 Å². The van der Waals surface area contributed by atoms with Crippen molar-refractivity contribution in [3.05, 3.63) is 12.4 Å². The van der Waals surface area contributed by atoms with E-state index in [0.29, 0.717) is 12.2 Å². The second kappa shape index (κ2) is 11.0. The molecule has 0 saturated carbocycles. The van der Waals surface area contributed by atoms with Crippen molar-refractivity contribution < 1.29 is 0 Å². The predicted molar refractivity (Wildman–Crippen MR) is 94.1 cm³/mol. The van der Waals surface area contributed by atoms with Crippen LogP contribution in [0.2, 0.25) is 0 Å². The van der Waals surface area contributed by atoms with E-state index in [-0.39, 0.29) is 0 Å². The highest BCUT2D eigenvalue weighted by Gasteiger charge is 2.22. The van der Waals surface area contributed by atoms with E-state index in [2.05, 4.69) is 49.9 Å². The summed E-state index contributed by atoms with van der Waals surface area (Å²) in [7, 11) is 0. The summed E-state index contributed by atoms with van der Waals surface area (Å²) in [6.07, 6.45) is 19.3. The second-order valence-corrected chi connectivity index (χ2v) is 6.89. The van der Waals surface area contributed by atoms with Crippen molar-refractivity contribution in [3.8, 4) is 0 Å². The Morgan fingerprint density at radius 3 is 1.81 bits per heavy atom. The van der Waals surface area contributed by atoms with Gasteiger partial charge in [0.25, 0.3) is 0 Å². The van der Waals surface area contributed by atoms with Gasteiger partial charge in [0.15, 0.2) is 0 Å². The number of unbranched alkanes of at least 4 members (excludes halogenated alkanes) is 9. The molecule has 21 heavy (non-hydrogen) atoms. The van der Waals surface area contributed by atoms with E-state index >= 15 is 0 Å². The van der Waals surface area contributed by atoms with E-state index in [4.69, 9.17) is 0 Å². The van der Waals surface area contributed by atoms with E-state index in [1.165, 1.54) is 70.8 Å². The number of rotatable bonds is 12. The zero-order valence-electron chi connectivity index (χ0n) is 15.0. The lowest BCUT2D eigenvalue weighted by atomic mass is 10.1. The Morgan fingerprint density at radius 2 is 1.33 bits per heavy atom. The van der Waals surface area contributed by atoms with Gasteiger partial charge in [-0.05, 0) is 27.2 Å². The maximum atomic E-state index is 2.49. The predicted octanol–water partition coefficient (Wildman–Crippen LogP) is 5.75. The molecule has 0 aliphatic carbocycles. The lowest BCUT2D eigenvalue weighted by Gasteiger charge is -2.32. The summed E-state index contributed by atoms with van der Waals surface area (Å²) >= 11 is 0. The van der Waals surface area contributed by atoms with Crippen LogP contribution < -0.4 is 0 Å². The summed E-state index contributed by atoms with van der Waals surface area (Å²) in [4.78, 5) is 4.93. The van der Waals surface area contributed by atoms with Gasteiger partial charge >= 0.3 is 0 Å². The maximum Gasteiger partial charge on any atom is 0.0980 e. The molecule has 1 heterocycles. The van der Waals surface area contributed by atoms with Gasteiger partial charge in [0, 0.05) is 25.0 Å². The Bertz CT molecular complexity index is 273. The fourth-order valence-corrected chi connectivity index (χ4v) is 3.23. The van der Waals surface area contributed by atoms with Gasteiger partial charge < -0.3 is 9.80 Å². The molecule has 0 N–H and O–H groups in total. The topological polar surface area (TPSA) is 6.48 Å². The lowest BCUT2D eigenvalue weighted by molar-refractivity contribution is 0.141. The number of nitrogens with zero attached hydrogens (tertiary/aromatic N) is 2. The third-order valence-electron chi connectivity index (χ3n) is 4.71. The van der Waals surface area contributed by atoms with Crippen molar-refractivity contribution in [1.29, 1.82) is 0 Å². The van der Waals surface area contributed by atoms with Gasteiger partial charge in [-0.2, -0.15) is 0 Å².